The zero-order valence-corrected chi connectivity index (χ0v) is 20.0. The maximum atomic E-state index is 13.2. The molecule has 0 aliphatic carbocycles. The Kier molecular flexibility index (Phi) is 5.91. The van der Waals surface area contributed by atoms with Gasteiger partial charge in [0.25, 0.3) is 0 Å². The Labute approximate surface area is 204 Å². The number of hydrogen-bond acceptors (Lipinski definition) is 4. The fourth-order valence-corrected chi connectivity index (χ4v) is 6.07. The molecule has 4 fully saturated rings. The van der Waals surface area contributed by atoms with Gasteiger partial charge in [-0.2, -0.15) is 0 Å². The predicted molar refractivity (Wildman–Crippen MR) is 128 cm³/mol. The second-order valence-corrected chi connectivity index (χ2v) is 10.5. The number of benzene rings is 1. The second kappa shape index (κ2) is 9.06. The Morgan fingerprint density at radius 1 is 1.12 bits per heavy atom. The number of likely N-dealkylation sites (tertiary alicyclic amines) is 2. The number of piperidine rings is 2. The molecule has 34 heavy (non-hydrogen) atoms. The first-order chi connectivity index (χ1) is 16.5. The molecule has 1 aromatic heterocycles. The van der Waals surface area contributed by atoms with Crippen molar-refractivity contribution in [2.24, 2.45) is 5.92 Å². The van der Waals surface area contributed by atoms with Gasteiger partial charge in [0.05, 0.1) is 25.4 Å². The van der Waals surface area contributed by atoms with Gasteiger partial charge < -0.3 is 29.2 Å². The molecule has 182 valence electrons. The summed E-state index contributed by atoms with van der Waals surface area (Å²) in [4.78, 5) is 28.8. The average Bonchev–Trinajstić information content (AvgIpc) is 3.18. The highest BCUT2D eigenvalue weighted by molar-refractivity contribution is 6.31. The molecular weight excluding hydrogens is 456 g/mol. The van der Waals surface area contributed by atoms with Crippen LogP contribution in [0.2, 0.25) is 5.02 Å². The molecule has 1 N–H and O–H groups in total. The maximum Gasteiger partial charge on any atom is 0.320 e. The Balaban J connectivity index is 1.13. The third-order valence-electron chi connectivity index (χ3n) is 7.84. The smallest absolute Gasteiger partial charge is 0.320 e. The first-order valence-corrected chi connectivity index (χ1v) is 12.7. The molecule has 2 atom stereocenters. The minimum absolute atomic E-state index is 0.0168. The summed E-state index contributed by atoms with van der Waals surface area (Å²) in [7, 11) is 0. The van der Waals surface area contributed by atoms with E-state index >= 15 is 0 Å². The van der Waals surface area contributed by atoms with Gasteiger partial charge in [-0.15, -0.1) is 0 Å². The lowest BCUT2D eigenvalue weighted by atomic mass is 9.89. The van der Waals surface area contributed by atoms with Crippen LogP contribution in [-0.2, 0) is 20.8 Å². The number of rotatable bonds is 3. The molecule has 1 aromatic carbocycles. The van der Waals surface area contributed by atoms with Crippen molar-refractivity contribution in [1.82, 2.24) is 19.7 Å². The molecule has 4 aliphatic heterocycles. The number of urea groups is 1. The van der Waals surface area contributed by atoms with Gasteiger partial charge >= 0.3 is 6.03 Å². The highest BCUT2D eigenvalue weighted by atomic mass is 35.5. The third kappa shape index (κ3) is 4.16. The monoisotopic (exact) mass is 486 g/mol. The van der Waals surface area contributed by atoms with Crippen LogP contribution in [0.15, 0.2) is 24.4 Å². The number of carbonyl (C=O) groups excluding carboxylic acids is 2. The van der Waals surface area contributed by atoms with Crippen molar-refractivity contribution in [3.63, 3.8) is 0 Å². The average molecular weight is 487 g/mol. The van der Waals surface area contributed by atoms with Gasteiger partial charge in [-0.1, -0.05) is 11.6 Å². The minimum atomic E-state index is -0.103. The van der Waals surface area contributed by atoms with Crippen molar-refractivity contribution in [2.45, 2.75) is 43.9 Å². The number of fused-ring (bicyclic) bond motifs is 2. The molecule has 0 unspecified atom stereocenters. The van der Waals surface area contributed by atoms with E-state index < -0.39 is 0 Å². The molecule has 0 bridgehead atoms. The van der Waals surface area contributed by atoms with E-state index in [9.17, 15) is 9.59 Å². The Hall–Kier alpha value is -2.29. The number of morpholine rings is 1. The van der Waals surface area contributed by atoms with Crippen molar-refractivity contribution >= 4 is 34.4 Å². The van der Waals surface area contributed by atoms with Crippen LogP contribution in [0.5, 0.6) is 0 Å². The van der Waals surface area contributed by atoms with E-state index in [-0.39, 0.29) is 30.7 Å². The van der Waals surface area contributed by atoms with Crippen LogP contribution in [0.3, 0.4) is 0 Å². The van der Waals surface area contributed by atoms with E-state index in [1.807, 2.05) is 15.9 Å². The molecule has 3 amide bonds. The number of halogens is 1. The SMILES string of the molecule is O=C1CO[C@H]2CCN(C(=O)N3CCC(c4cn(CC5COC5)c5ccc(Cl)cc45)CC3)C[C@H]2N1. The molecule has 9 heteroatoms. The van der Waals surface area contributed by atoms with E-state index in [1.54, 1.807) is 0 Å². The second-order valence-electron chi connectivity index (χ2n) is 10.1. The van der Waals surface area contributed by atoms with Crippen molar-refractivity contribution < 1.29 is 19.1 Å². The first kappa shape index (κ1) is 22.2. The summed E-state index contributed by atoms with van der Waals surface area (Å²) in [5, 5.41) is 4.97. The van der Waals surface area contributed by atoms with E-state index in [2.05, 4.69) is 28.2 Å². The molecule has 0 radical (unpaired) electrons. The third-order valence-corrected chi connectivity index (χ3v) is 8.07. The van der Waals surface area contributed by atoms with E-state index in [4.69, 9.17) is 21.1 Å². The predicted octanol–water partition coefficient (Wildman–Crippen LogP) is 2.83. The lowest BCUT2D eigenvalue weighted by molar-refractivity contribution is -0.139. The van der Waals surface area contributed by atoms with Gasteiger partial charge in [0.2, 0.25) is 5.91 Å². The number of carbonyl (C=O) groups is 2. The lowest BCUT2D eigenvalue weighted by Gasteiger charge is -2.43. The van der Waals surface area contributed by atoms with Gasteiger partial charge in [-0.25, -0.2) is 4.79 Å². The van der Waals surface area contributed by atoms with Gasteiger partial charge in [-0.05, 0) is 48.9 Å². The molecule has 4 aliphatic rings. The topological polar surface area (TPSA) is 76.0 Å². The Morgan fingerprint density at radius 2 is 1.91 bits per heavy atom. The maximum absolute atomic E-state index is 13.2. The zero-order valence-electron chi connectivity index (χ0n) is 19.2. The molecule has 0 saturated carbocycles. The summed E-state index contributed by atoms with van der Waals surface area (Å²) in [5.74, 6) is 0.878. The molecule has 4 saturated heterocycles. The van der Waals surface area contributed by atoms with Crippen molar-refractivity contribution in [3.05, 3.63) is 35.0 Å². The number of ether oxygens (including phenoxy) is 2. The van der Waals surface area contributed by atoms with Crippen LogP contribution < -0.4 is 5.32 Å². The first-order valence-electron chi connectivity index (χ1n) is 12.4. The Morgan fingerprint density at radius 3 is 2.68 bits per heavy atom. The van der Waals surface area contributed by atoms with Crippen molar-refractivity contribution in [3.8, 4) is 0 Å². The molecular formula is C25H31ClN4O4. The summed E-state index contributed by atoms with van der Waals surface area (Å²) in [6.07, 6.45) is 4.95. The van der Waals surface area contributed by atoms with Gasteiger partial charge in [0, 0.05) is 60.8 Å². The molecule has 2 aromatic rings. The lowest BCUT2D eigenvalue weighted by Crippen LogP contribution is -2.62. The summed E-state index contributed by atoms with van der Waals surface area (Å²) in [6.45, 7) is 5.42. The van der Waals surface area contributed by atoms with Gasteiger partial charge in [-0.3, -0.25) is 4.79 Å². The molecule has 5 heterocycles. The zero-order chi connectivity index (χ0) is 23.2. The highest BCUT2D eigenvalue weighted by Gasteiger charge is 2.38. The molecule has 6 rings (SSSR count). The number of amides is 3. The number of nitrogens with one attached hydrogen (secondary N) is 1. The van der Waals surface area contributed by atoms with Crippen LogP contribution in [0.25, 0.3) is 10.9 Å². The van der Waals surface area contributed by atoms with Crippen LogP contribution in [0, 0.1) is 5.92 Å². The minimum Gasteiger partial charge on any atom is -0.381 e. The van der Waals surface area contributed by atoms with Gasteiger partial charge in [0.1, 0.15) is 6.61 Å². The summed E-state index contributed by atoms with van der Waals surface area (Å²) < 4.78 is 13.4. The quantitative estimate of drug-likeness (QED) is 0.724. The number of aromatic nitrogens is 1. The summed E-state index contributed by atoms with van der Waals surface area (Å²) >= 11 is 6.37. The van der Waals surface area contributed by atoms with E-state index in [1.165, 1.54) is 16.5 Å². The van der Waals surface area contributed by atoms with Gasteiger partial charge in [0.15, 0.2) is 0 Å². The summed E-state index contributed by atoms with van der Waals surface area (Å²) in [6, 6.07) is 6.14. The highest BCUT2D eigenvalue weighted by Crippen LogP contribution is 2.36. The number of hydrogen-bond donors (Lipinski definition) is 1. The molecule has 8 nitrogen and oxygen atoms in total. The van der Waals surface area contributed by atoms with Crippen LogP contribution in [0.4, 0.5) is 4.79 Å². The largest absolute Gasteiger partial charge is 0.381 e. The van der Waals surface area contributed by atoms with Crippen molar-refractivity contribution in [2.75, 3.05) is 46.0 Å². The van der Waals surface area contributed by atoms with Crippen molar-refractivity contribution in [1.29, 1.82) is 0 Å². The van der Waals surface area contributed by atoms with Crippen LogP contribution in [0.1, 0.15) is 30.7 Å². The van der Waals surface area contributed by atoms with E-state index in [0.29, 0.717) is 24.9 Å². The number of nitrogens with zero attached hydrogens (tertiary/aromatic N) is 3. The fourth-order valence-electron chi connectivity index (χ4n) is 5.90. The molecule has 0 spiro atoms. The normalized spacial score (nSPS) is 26.3. The standard InChI is InChI=1S/C25H31ClN4O4/c26-18-1-2-22-19(9-18)20(11-30(22)10-16-13-33-14-16)17-3-6-28(7-4-17)25(32)29-8-5-23-21(12-29)27-24(31)15-34-23/h1-2,9,11,16-17,21,23H,3-8,10,12-15H2,(H,27,31)/t21-,23+/m1/s1. The van der Waals surface area contributed by atoms with Crippen LogP contribution >= 0.6 is 11.6 Å². The fraction of sp³-hybridized carbons (Fsp3) is 0.600. The Bertz CT molecular complexity index is 1090. The van der Waals surface area contributed by atoms with E-state index in [0.717, 1.165) is 57.1 Å². The van der Waals surface area contributed by atoms with Crippen LogP contribution in [-0.4, -0.2) is 84.5 Å². The summed E-state index contributed by atoms with van der Waals surface area (Å²) in [5.41, 5.74) is 2.57.